The maximum Gasteiger partial charge on any atom is 0.328 e. The van der Waals surface area contributed by atoms with Gasteiger partial charge in [0.25, 0.3) is 0 Å². The average molecular weight is 542 g/mol. The summed E-state index contributed by atoms with van der Waals surface area (Å²) in [6.45, 7) is 1.93. The number of thioether (sulfide) groups is 1. The molecule has 37 heavy (non-hydrogen) atoms. The number of esters is 1. The Labute approximate surface area is 221 Å². The molecule has 4 N–H and O–H groups in total. The number of nitrogens with zero attached hydrogens (tertiary/aromatic N) is 2. The van der Waals surface area contributed by atoms with E-state index in [4.69, 9.17) is 15.2 Å². The number of hydrogen-bond acceptors (Lipinski definition) is 10. The first-order valence-electron chi connectivity index (χ1n) is 13.0. The Bertz CT molecular complexity index is 852. The number of aliphatic carboxylic acids is 1. The van der Waals surface area contributed by atoms with Crippen LogP contribution in [0.1, 0.15) is 58.3 Å². The number of fused-ring (bicyclic) bond motifs is 1. The van der Waals surface area contributed by atoms with Gasteiger partial charge in [-0.2, -0.15) is 11.8 Å². The lowest BCUT2D eigenvalue weighted by Gasteiger charge is -2.32. The van der Waals surface area contributed by atoms with Crippen molar-refractivity contribution in [1.82, 2.24) is 15.6 Å². The van der Waals surface area contributed by atoms with Crippen molar-refractivity contribution < 1.29 is 39.5 Å². The number of rotatable bonds is 15. The number of hydrogen-bond donors (Lipinski definition) is 4. The van der Waals surface area contributed by atoms with Gasteiger partial charge in [0.2, 0.25) is 5.91 Å². The number of carbonyl (C=O) groups is 3. The van der Waals surface area contributed by atoms with Gasteiger partial charge in [-0.05, 0) is 57.8 Å². The van der Waals surface area contributed by atoms with E-state index in [1.54, 1.807) is 11.8 Å². The molecule has 1 aliphatic heterocycles. The maximum atomic E-state index is 13.5. The van der Waals surface area contributed by atoms with Crippen molar-refractivity contribution in [1.29, 1.82) is 0 Å². The monoisotopic (exact) mass is 541 g/mol. The van der Waals surface area contributed by atoms with Crippen molar-refractivity contribution in [2.24, 2.45) is 5.92 Å². The minimum Gasteiger partial charge on any atom is -0.480 e. The third-order valence-corrected chi connectivity index (χ3v) is 8.16. The van der Waals surface area contributed by atoms with Gasteiger partial charge in [-0.25, -0.2) is 9.63 Å². The molecule has 11 nitrogen and oxygen atoms in total. The molecule has 208 valence electrons. The summed E-state index contributed by atoms with van der Waals surface area (Å²) in [5, 5.41) is 29.4. The summed E-state index contributed by atoms with van der Waals surface area (Å²) >= 11 is 1.43. The van der Waals surface area contributed by atoms with Crippen LogP contribution >= 0.6 is 11.8 Å². The summed E-state index contributed by atoms with van der Waals surface area (Å²) in [5.41, 5.74) is 1.21. The predicted molar refractivity (Wildman–Crippen MR) is 136 cm³/mol. The number of allylic oxidation sites excluding steroid dienone is 4. The molecular weight excluding hydrogens is 502 g/mol. The van der Waals surface area contributed by atoms with E-state index in [-0.39, 0.29) is 36.5 Å². The van der Waals surface area contributed by atoms with Gasteiger partial charge in [-0.1, -0.05) is 30.2 Å². The SMILES string of the molecule is CC(NC(CCC1=CC=CCC1)C(=O)O)C(=O)N1C(C(=O)OCCSCCON(O)O)CC2CCCC21. The van der Waals surface area contributed by atoms with Crippen molar-refractivity contribution >= 4 is 29.6 Å². The fraction of sp³-hybridized carbons (Fsp3) is 0.720. The second-order valence-corrected chi connectivity index (χ2v) is 11.0. The molecule has 1 saturated carbocycles. The Morgan fingerprint density at radius 1 is 1.24 bits per heavy atom. The highest BCUT2D eigenvalue weighted by Gasteiger charge is 2.50. The Kier molecular flexibility index (Phi) is 11.9. The van der Waals surface area contributed by atoms with Crippen LogP contribution in [0.2, 0.25) is 0 Å². The molecule has 5 unspecified atom stereocenters. The lowest BCUT2D eigenvalue weighted by molar-refractivity contribution is -0.490. The van der Waals surface area contributed by atoms with E-state index in [1.807, 2.05) is 12.2 Å². The summed E-state index contributed by atoms with van der Waals surface area (Å²) in [4.78, 5) is 44.5. The molecule has 1 saturated heterocycles. The van der Waals surface area contributed by atoms with Crippen molar-refractivity contribution in [2.75, 3.05) is 24.7 Å². The molecule has 5 atom stereocenters. The third kappa shape index (κ3) is 8.79. The van der Waals surface area contributed by atoms with Crippen LogP contribution in [0.15, 0.2) is 23.8 Å². The highest BCUT2D eigenvalue weighted by Crippen LogP contribution is 2.42. The quantitative estimate of drug-likeness (QED) is 0.138. The molecule has 0 radical (unpaired) electrons. The van der Waals surface area contributed by atoms with E-state index in [0.29, 0.717) is 30.8 Å². The van der Waals surface area contributed by atoms with Crippen molar-refractivity contribution in [3.8, 4) is 0 Å². The molecular formula is C25H39N3O8S. The zero-order valence-corrected chi connectivity index (χ0v) is 22.1. The zero-order valence-electron chi connectivity index (χ0n) is 21.3. The number of carboxylic acid groups (broad SMARTS) is 1. The maximum absolute atomic E-state index is 13.5. The van der Waals surface area contributed by atoms with Crippen LogP contribution in [0, 0.1) is 5.92 Å². The first-order valence-corrected chi connectivity index (χ1v) is 14.1. The van der Waals surface area contributed by atoms with Crippen LogP contribution in [0.25, 0.3) is 0 Å². The van der Waals surface area contributed by atoms with E-state index in [1.165, 1.54) is 17.3 Å². The topological polar surface area (TPSA) is 149 Å². The molecule has 3 rings (SSSR count). The molecule has 1 amide bonds. The first-order chi connectivity index (χ1) is 17.8. The number of nitrogens with one attached hydrogen (secondary N) is 1. The smallest absolute Gasteiger partial charge is 0.328 e. The molecule has 3 aliphatic rings. The standard InChI is InChI=1S/C25H39N3O8S/c1-17(26-20(24(30)31)11-10-18-6-3-2-4-7-18)23(29)27-21-9-5-8-19(21)16-22(27)25(32)35-12-14-37-15-13-36-28(33)34/h2-3,6,17,19-22,26,33-34H,4-5,7-16H2,1H3,(H,30,31). The van der Waals surface area contributed by atoms with Crippen LogP contribution in [-0.4, -0.2) is 92.5 Å². The zero-order chi connectivity index (χ0) is 26.8. The van der Waals surface area contributed by atoms with Gasteiger partial charge < -0.3 is 14.7 Å². The third-order valence-electron chi connectivity index (χ3n) is 7.24. The Hall–Kier alpha value is -1.96. The van der Waals surface area contributed by atoms with Gasteiger partial charge in [0.15, 0.2) is 0 Å². The van der Waals surface area contributed by atoms with Gasteiger partial charge in [-0.15, -0.1) is 0 Å². The summed E-state index contributed by atoms with van der Waals surface area (Å²) < 4.78 is 5.47. The number of amides is 1. The second-order valence-electron chi connectivity index (χ2n) is 9.73. The summed E-state index contributed by atoms with van der Waals surface area (Å²) in [6, 6.07) is -2.30. The first kappa shape index (κ1) is 29.6. The van der Waals surface area contributed by atoms with Crippen LogP contribution < -0.4 is 5.32 Å². The molecule has 2 aliphatic carbocycles. The normalized spacial score (nSPS) is 24.6. The summed E-state index contributed by atoms with van der Waals surface area (Å²) in [7, 11) is 0. The van der Waals surface area contributed by atoms with E-state index in [9.17, 15) is 19.5 Å². The van der Waals surface area contributed by atoms with Gasteiger partial charge >= 0.3 is 11.9 Å². The van der Waals surface area contributed by atoms with E-state index in [0.717, 1.165) is 32.1 Å². The lowest BCUT2D eigenvalue weighted by atomic mass is 9.98. The minimum absolute atomic E-state index is 0.0248. The van der Waals surface area contributed by atoms with Crippen LogP contribution in [0.3, 0.4) is 0 Å². The minimum atomic E-state index is -0.990. The van der Waals surface area contributed by atoms with Crippen molar-refractivity contribution in [3.63, 3.8) is 0 Å². The van der Waals surface area contributed by atoms with Gasteiger partial charge in [0, 0.05) is 17.5 Å². The lowest BCUT2D eigenvalue weighted by Crippen LogP contribution is -2.55. The number of likely N-dealkylation sites (tertiary alicyclic amines) is 1. The predicted octanol–water partition coefficient (Wildman–Crippen LogP) is 2.53. The van der Waals surface area contributed by atoms with Crippen LogP contribution in [-0.2, 0) is 24.0 Å². The van der Waals surface area contributed by atoms with Crippen LogP contribution in [0.5, 0.6) is 0 Å². The van der Waals surface area contributed by atoms with Crippen LogP contribution in [0.4, 0.5) is 0 Å². The number of ether oxygens (including phenoxy) is 1. The molecule has 0 aromatic rings. The van der Waals surface area contributed by atoms with Gasteiger partial charge in [-0.3, -0.25) is 25.3 Å². The van der Waals surface area contributed by atoms with E-state index in [2.05, 4.69) is 16.2 Å². The Balaban J connectivity index is 1.53. The van der Waals surface area contributed by atoms with E-state index < -0.39 is 30.1 Å². The second kappa shape index (κ2) is 14.8. The van der Waals surface area contributed by atoms with Gasteiger partial charge in [0.05, 0.1) is 18.0 Å². The number of carbonyl (C=O) groups excluding carboxylic acids is 2. The Morgan fingerprint density at radius 3 is 2.73 bits per heavy atom. The molecule has 0 spiro atoms. The van der Waals surface area contributed by atoms with E-state index >= 15 is 0 Å². The van der Waals surface area contributed by atoms with Crippen molar-refractivity contribution in [3.05, 3.63) is 23.8 Å². The summed E-state index contributed by atoms with van der Waals surface area (Å²) in [5.74, 6) is -0.445. The molecule has 0 aromatic carbocycles. The van der Waals surface area contributed by atoms with Crippen molar-refractivity contribution in [2.45, 2.75) is 82.5 Å². The highest BCUT2D eigenvalue weighted by molar-refractivity contribution is 7.99. The highest BCUT2D eigenvalue weighted by atomic mass is 32.2. The molecule has 2 fully saturated rings. The summed E-state index contributed by atoms with van der Waals surface area (Å²) in [6.07, 6.45) is 12.4. The molecule has 0 bridgehead atoms. The Morgan fingerprint density at radius 2 is 2.03 bits per heavy atom. The molecule has 1 heterocycles. The number of carboxylic acids is 1. The molecule has 12 heteroatoms. The van der Waals surface area contributed by atoms with Gasteiger partial charge in [0.1, 0.15) is 18.7 Å². The fourth-order valence-electron chi connectivity index (χ4n) is 5.46. The average Bonchev–Trinajstić information content (AvgIpc) is 3.47. The largest absolute Gasteiger partial charge is 0.480 e. The molecule has 0 aromatic heterocycles. The fourth-order valence-corrected chi connectivity index (χ4v) is 6.06.